The molecule has 1 aliphatic heterocycles. The fraction of sp³-hybridized carbons (Fsp3) is 0.375. The number of ketones is 1. The lowest BCUT2D eigenvalue weighted by Crippen LogP contribution is -2.51. The number of halogens is 4. The van der Waals surface area contributed by atoms with E-state index in [-0.39, 0.29) is 23.2 Å². The third-order valence-corrected chi connectivity index (χ3v) is 7.88. The van der Waals surface area contributed by atoms with Gasteiger partial charge in [0.2, 0.25) is 5.91 Å². The molecule has 5 rings (SSSR count). The molecule has 2 heterocycles. The highest BCUT2D eigenvalue weighted by atomic mass is 19.4. The number of rotatable bonds is 8. The lowest BCUT2D eigenvalue weighted by molar-refractivity contribution is -0.187. The number of carbonyl (C=O) groups excluding carboxylic acids is 5. The van der Waals surface area contributed by atoms with Crippen LogP contribution in [0.25, 0.3) is 11.1 Å². The Morgan fingerprint density at radius 1 is 1.04 bits per heavy atom. The van der Waals surface area contributed by atoms with Crippen molar-refractivity contribution in [3.63, 3.8) is 0 Å². The summed E-state index contributed by atoms with van der Waals surface area (Å²) < 4.78 is 61.3. The summed E-state index contributed by atoms with van der Waals surface area (Å²) in [6.45, 7) is 4.24. The van der Waals surface area contributed by atoms with Crippen molar-refractivity contribution in [2.45, 2.75) is 70.6 Å². The van der Waals surface area contributed by atoms with Crippen molar-refractivity contribution in [1.29, 1.82) is 0 Å². The van der Waals surface area contributed by atoms with Crippen molar-refractivity contribution in [1.82, 2.24) is 24.9 Å². The Morgan fingerprint density at radius 2 is 1.72 bits per heavy atom. The van der Waals surface area contributed by atoms with Gasteiger partial charge >= 0.3 is 18.2 Å². The third kappa shape index (κ3) is 6.74. The minimum atomic E-state index is -4.84. The number of hydrogen-bond donors (Lipinski definition) is 1. The van der Waals surface area contributed by atoms with E-state index in [1.54, 1.807) is 33.0 Å². The number of amides is 4. The highest BCUT2D eigenvalue weighted by Crippen LogP contribution is 2.43. The largest absolute Gasteiger partial charge is 0.459 e. The van der Waals surface area contributed by atoms with Gasteiger partial charge < -0.3 is 15.0 Å². The number of carbonyl (C=O) groups is 5. The lowest BCUT2D eigenvalue weighted by atomic mass is 9.90. The van der Waals surface area contributed by atoms with Gasteiger partial charge in [-0.05, 0) is 62.6 Å². The van der Waals surface area contributed by atoms with Crippen molar-refractivity contribution in [2.24, 2.45) is 0 Å². The number of Topliss-reactive ketones (excluding diaryl/α,β-unsaturated/α-hetero) is 1. The first-order chi connectivity index (χ1) is 21.9. The Kier molecular flexibility index (Phi) is 8.45. The Morgan fingerprint density at radius 3 is 2.36 bits per heavy atom. The third-order valence-electron chi connectivity index (χ3n) is 7.88. The van der Waals surface area contributed by atoms with Crippen LogP contribution in [0.5, 0.6) is 0 Å². The monoisotopic (exact) mass is 657 g/mol. The van der Waals surface area contributed by atoms with Crippen LogP contribution >= 0.6 is 0 Å². The van der Waals surface area contributed by atoms with Crippen LogP contribution in [0.15, 0.2) is 54.9 Å². The van der Waals surface area contributed by atoms with Crippen LogP contribution in [-0.4, -0.2) is 73.5 Å². The van der Waals surface area contributed by atoms with Gasteiger partial charge in [0, 0.05) is 30.3 Å². The number of ether oxygens (including phenoxy) is 1. The minimum absolute atomic E-state index is 0.132. The maximum absolute atomic E-state index is 13.7. The second-order valence-corrected chi connectivity index (χ2v) is 12.5. The molecule has 1 spiro atoms. The van der Waals surface area contributed by atoms with E-state index in [1.165, 1.54) is 35.1 Å². The zero-order valence-corrected chi connectivity index (χ0v) is 25.9. The molecular formula is C32H31F4N5O6. The predicted molar refractivity (Wildman–Crippen MR) is 157 cm³/mol. The number of urea groups is 1. The molecule has 1 unspecified atom stereocenters. The highest BCUT2D eigenvalue weighted by Gasteiger charge is 2.58. The van der Waals surface area contributed by atoms with Gasteiger partial charge in [0.15, 0.2) is 11.3 Å². The number of aromatic nitrogens is 2. The summed E-state index contributed by atoms with van der Waals surface area (Å²) in [6, 6.07) is 5.78. The first kappa shape index (κ1) is 33.3. The molecule has 1 N–H and O–H groups in total. The number of benzene rings is 2. The summed E-state index contributed by atoms with van der Waals surface area (Å²) >= 11 is 0. The van der Waals surface area contributed by atoms with Crippen molar-refractivity contribution < 1.29 is 46.3 Å². The normalized spacial score (nSPS) is 18.4. The summed E-state index contributed by atoms with van der Waals surface area (Å²) in [6.07, 6.45) is -2.24. The van der Waals surface area contributed by atoms with Crippen LogP contribution in [-0.2, 0) is 37.7 Å². The van der Waals surface area contributed by atoms with Crippen molar-refractivity contribution in [2.75, 3.05) is 6.54 Å². The molecular weight excluding hydrogens is 626 g/mol. The van der Waals surface area contributed by atoms with Crippen LogP contribution in [0.2, 0.25) is 0 Å². The van der Waals surface area contributed by atoms with Crippen LogP contribution in [0.1, 0.15) is 55.6 Å². The Hall–Kier alpha value is -5.08. The highest BCUT2D eigenvalue weighted by molar-refractivity contribution is 6.17. The molecule has 1 saturated heterocycles. The molecule has 1 fully saturated rings. The molecule has 0 radical (unpaired) electrons. The predicted octanol–water partition coefficient (Wildman–Crippen LogP) is 4.34. The molecule has 2 atom stereocenters. The molecule has 47 heavy (non-hydrogen) atoms. The van der Waals surface area contributed by atoms with Crippen LogP contribution in [0.3, 0.4) is 0 Å². The minimum Gasteiger partial charge on any atom is -0.459 e. The lowest BCUT2D eigenvalue weighted by Gasteiger charge is -2.32. The second-order valence-electron chi connectivity index (χ2n) is 12.5. The van der Waals surface area contributed by atoms with Crippen molar-refractivity contribution in [3.8, 4) is 11.1 Å². The van der Waals surface area contributed by atoms with E-state index in [0.717, 1.165) is 19.1 Å². The van der Waals surface area contributed by atoms with E-state index in [2.05, 4.69) is 10.4 Å². The smallest absolute Gasteiger partial charge is 0.408 e. The molecule has 1 aliphatic carbocycles. The summed E-state index contributed by atoms with van der Waals surface area (Å²) in [5.74, 6) is -3.73. The van der Waals surface area contributed by atoms with Crippen molar-refractivity contribution in [3.05, 3.63) is 77.4 Å². The summed E-state index contributed by atoms with van der Waals surface area (Å²) in [5.41, 5.74) is -0.929. The number of nitrogens with one attached hydrogen (secondary N) is 1. The zero-order chi connectivity index (χ0) is 34.5. The Bertz CT molecular complexity index is 1760. The van der Waals surface area contributed by atoms with Gasteiger partial charge in [0.1, 0.15) is 30.5 Å². The molecule has 1 aromatic heterocycles. The SMILES string of the molecule is C[C@H](N(Cc1ccc(F)cc1)C(=O)CN1C(=O)NC2(CC(=O)c3cc(-c4cnn(CC(=O)OC(C)(C)C)c4)ccc32)C1=O)C(F)(F)F. The van der Waals surface area contributed by atoms with Gasteiger partial charge in [-0.1, -0.05) is 24.3 Å². The fourth-order valence-corrected chi connectivity index (χ4v) is 5.57. The summed E-state index contributed by atoms with van der Waals surface area (Å²) in [7, 11) is 0. The topological polar surface area (TPSA) is 131 Å². The van der Waals surface area contributed by atoms with Gasteiger partial charge in [0.05, 0.1) is 6.20 Å². The summed E-state index contributed by atoms with van der Waals surface area (Å²) in [5, 5.41) is 6.66. The average Bonchev–Trinajstić information content (AvgIpc) is 3.61. The number of fused-ring (bicyclic) bond motifs is 2. The van der Waals surface area contributed by atoms with Crippen LogP contribution in [0.4, 0.5) is 22.4 Å². The van der Waals surface area contributed by atoms with Gasteiger partial charge in [0.25, 0.3) is 5.91 Å². The van der Waals surface area contributed by atoms with Gasteiger partial charge in [-0.2, -0.15) is 18.3 Å². The average molecular weight is 658 g/mol. The maximum Gasteiger partial charge on any atom is 0.408 e. The molecule has 0 bridgehead atoms. The number of alkyl halides is 3. The quantitative estimate of drug-likeness (QED) is 0.217. The molecule has 15 heteroatoms. The van der Waals surface area contributed by atoms with E-state index in [9.17, 15) is 41.5 Å². The van der Waals surface area contributed by atoms with Gasteiger partial charge in [-0.15, -0.1) is 0 Å². The van der Waals surface area contributed by atoms with Gasteiger partial charge in [-0.3, -0.25) is 28.8 Å². The first-order valence-corrected chi connectivity index (χ1v) is 14.5. The van der Waals surface area contributed by atoms with Gasteiger partial charge in [-0.25, -0.2) is 9.18 Å². The van der Waals surface area contributed by atoms with Crippen LogP contribution < -0.4 is 5.32 Å². The molecule has 248 valence electrons. The maximum atomic E-state index is 13.7. The molecule has 3 aromatic rings. The molecule has 2 aliphatic rings. The molecule has 0 saturated carbocycles. The van der Waals surface area contributed by atoms with E-state index < -0.39 is 78.3 Å². The second kappa shape index (κ2) is 11.9. The van der Waals surface area contributed by atoms with Crippen LogP contribution in [0, 0.1) is 5.82 Å². The molecule has 4 amide bonds. The van der Waals surface area contributed by atoms with E-state index in [4.69, 9.17) is 4.74 Å². The van der Waals surface area contributed by atoms with E-state index in [0.29, 0.717) is 20.9 Å². The number of esters is 1. The zero-order valence-electron chi connectivity index (χ0n) is 25.9. The standard InChI is InChI=1S/C32H31F4N5O6/c1-18(32(34,35)36)40(14-19-5-8-22(33)9-6-19)26(43)16-41-28(45)31(38-29(41)46)12-25(42)23-11-20(7-10-24(23)31)21-13-37-39(15-21)17-27(44)47-30(2,3)4/h5-11,13,15,18H,12,14,16-17H2,1-4H3,(H,38,46)/t18-,31?/m0/s1. The Balaban J connectivity index is 1.36. The van der Waals surface area contributed by atoms with E-state index in [1.807, 2.05) is 0 Å². The molecule has 2 aromatic carbocycles. The first-order valence-electron chi connectivity index (χ1n) is 14.5. The molecule has 11 nitrogen and oxygen atoms in total. The summed E-state index contributed by atoms with van der Waals surface area (Å²) in [4.78, 5) is 66.4. The van der Waals surface area contributed by atoms with Crippen molar-refractivity contribution >= 4 is 29.6 Å². The number of hydrogen-bond acceptors (Lipinski definition) is 7. The number of imide groups is 1. The fourth-order valence-electron chi connectivity index (χ4n) is 5.57. The number of nitrogens with zero attached hydrogens (tertiary/aromatic N) is 4. The Labute approximate surface area is 266 Å². The van der Waals surface area contributed by atoms with E-state index >= 15 is 0 Å².